The number of hydrogen-bond donors (Lipinski definition) is 2. The standard InChI is InChI=1S/C29H30N4O4/c1-4-16-30-26(34)17-21-12-14-22(15-13-21)33-28(36)23-9-5-6-11-25(23)32(29(33)37)18-27(35)31-24-10-7-8-19(2)20(24)3/h5-15H,4,16-18H2,1-3H3,(H,30,34)(H,31,35). The fourth-order valence-electron chi connectivity index (χ4n) is 4.20. The lowest BCUT2D eigenvalue weighted by Crippen LogP contribution is -2.40. The van der Waals surface area contributed by atoms with Gasteiger partial charge in [-0.3, -0.25) is 19.0 Å². The van der Waals surface area contributed by atoms with Crippen molar-refractivity contribution in [2.45, 2.75) is 40.2 Å². The number of rotatable bonds is 8. The number of anilines is 1. The summed E-state index contributed by atoms with van der Waals surface area (Å²) in [5, 5.41) is 6.03. The monoisotopic (exact) mass is 498 g/mol. The first kappa shape index (κ1) is 25.6. The molecule has 0 radical (unpaired) electrons. The van der Waals surface area contributed by atoms with Crippen LogP contribution in [0.4, 0.5) is 5.69 Å². The van der Waals surface area contributed by atoms with Crippen molar-refractivity contribution in [1.82, 2.24) is 14.5 Å². The van der Waals surface area contributed by atoms with E-state index in [1.165, 1.54) is 4.57 Å². The third kappa shape index (κ3) is 5.53. The van der Waals surface area contributed by atoms with E-state index in [0.29, 0.717) is 28.8 Å². The van der Waals surface area contributed by atoms with E-state index >= 15 is 0 Å². The van der Waals surface area contributed by atoms with Gasteiger partial charge in [0.2, 0.25) is 11.8 Å². The molecule has 0 aliphatic heterocycles. The maximum absolute atomic E-state index is 13.6. The Kier molecular flexibility index (Phi) is 7.67. The van der Waals surface area contributed by atoms with E-state index in [-0.39, 0.29) is 24.8 Å². The van der Waals surface area contributed by atoms with Crippen LogP contribution in [0, 0.1) is 13.8 Å². The lowest BCUT2D eigenvalue weighted by molar-refractivity contribution is -0.120. The molecule has 0 spiro atoms. The lowest BCUT2D eigenvalue weighted by Gasteiger charge is -2.15. The van der Waals surface area contributed by atoms with Crippen LogP contribution in [0.3, 0.4) is 0 Å². The molecule has 4 rings (SSSR count). The van der Waals surface area contributed by atoms with Crippen LogP contribution in [-0.4, -0.2) is 27.5 Å². The fourth-order valence-corrected chi connectivity index (χ4v) is 4.20. The SMILES string of the molecule is CCCNC(=O)Cc1ccc(-n2c(=O)c3ccccc3n(CC(=O)Nc3cccc(C)c3C)c2=O)cc1. The van der Waals surface area contributed by atoms with Crippen molar-refractivity contribution >= 4 is 28.4 Å². The summed E-state index contributed by atoms with van der Waals surface area (Å²) >= 11 is 0. The van der Waals surface area contributed by atoms with Crippen molar-refractivity contribution in [3.8, 4) is 5.69 Å². The van der Waals surface area contributed by atoms with E-state index in [9.17, 15) is 19.2 Å². The Balaban J connectivity index is 1.70. The molecule has 1 aromatic heterocycles. The Labute approximate surface area is 214 Å². The quantitative estimate of drug-likeness (QED) is 0.388. The zero-order chi connectivity index (χ0) is 26.5. The van der Waals surface area contributed by atoms with E-state index in [4.69, 9.17) is 0 Å². The molecular weight excluding hydrogens is 468 g/mol. The highest BCUT2D eigenvalue weighted by atomic mass is 16.2. The average molecular weight is 499 g/mol. The number of amides is 2. The molecule has 0 aliphatic carbocycles. The molecule has 0 saturated heterocycles. The highest BCUT2D eigenvalue weighted by Gasteiger charge is 2.17. The maximum atomic E-state index is 13.6. The highest BCUT2D eigenvalue weighted by Crippen LogP contribution is 2.18. The molecule has 0 saturated carbocycles. The van der Waals surface area contributed by atoms with Gasteiger partial charge in [0.1, 0.15) is 6.54 Å². The van der Waals surface area contributed by atoms with Gasteiger partial charge in [-0.1, -0.05) is 43.3 Å². The number of aryl methyl sites for hydroxylation is 1. The number of nitrogens with one attached hydrogen (secondary N) is 2. The maximum Gasteiger partial charge on any atom is 0.336 e. The van der Waals surface area contributed by atoms with E-state index in [2.05, 4.69) is 10.6 Å². The summed E-state index contributed by atoms with van der Waals surface area (Å²) in [4.78, 5) is 51.9. The molecule has 8 heteroatoms. The van der Waals surface area contributed by atoms with Crippen LogP contribution in [0.5, 0.6) is 0 Å². The van der Waals surface area contributed by atoms with Crippen LogP contribution in [0.25, 0.3) is 16.6 Å². The van der Waals surface area contributed by atoms with Gasteiger partial charge >= 0.3 is 5.69 Å². The second-order valence-corrected chi connectivity index (χ2v) is 9.02. The molecule has 2 N–H and O–H groups in total. The number of aromatic nitrogens is 2. The summed E-state index contributed by atoms with van der Waals surface area (Å²) in [6, 6.07) is 19.1. The predicted octanol–water partition coefficient (Wildman–Crippen LogP) is 3.48. The Morgan fingerprint density at radius 2 is 1.59 bits per heavy atom. The van der Waals surface area contributed by atoms with Gasteiger partial charge in [0.05, 0.1) is 23.0 Å². The number of fused-ring (bicyclic) bond motifs is 1. The smallest absolute Gasteiger partial charge is 0.336 e. The Hall–Kier alpha value is -4.46. The molecule has 3 aromatic carbocycles. The van der Waals surface area contributed by atoms with Gasteiger partial charge in [-0.2, -0.15) is 0 Å². The van der Waals surface area contributed by atoms with E-state index in [1.54, 1.807) is 48.5 Å². The van der Waals surface area contributed by atoms with Gasteiger partial charge in [-0.15, -0.1) is 0 Å². The summed E-state index contributed by atoms with van der Waals surface area (Å²) in [5.74, 6) is -0.464. The van der Waals surface area contributed by atoms with Crippen molar-refractivity contribution in [2.24, 2.45) is 0 Å². The van der Waals surface area contributed by atoms with E-state index in [0.717, 1.165) is 27.7 Å². The highest BCUT2D eigenvalue weighted by molar-refractivity contribution is 5.92. The Morgan fingerprint density at radius 3 is 2.32 bits per heavy atom. The number of nitrogens with zero attached hydrogens (tertiary/aromatic N) is 2. The molecule has 0 atom stereocenters. The van der Waals surface area contributed by atoms with Gasteiger partial charge in [0, 0.05) is 12.2 Å². The molecule has 0 fully saturated rings. The first-order valence-corrected chi connectivity index (χ1v) is 12.3. The van der Waals surface area contributed by atoms with Gasteiger partial charge in [-0.05, 0) is 67.3 Å². The third-order valence-electron chi connectivity index (χ3n) is 6.36. The molecule has 0 bridgehead atoms. The molecule has 8 nitrogen and oxygen atoms in total. The van der Waals surface area contributed by atoms with Crippen LogP contribution in [0.15, 0.2) is 76.3 Å². The molecule has 37 heavy (non-hydrogen) atoms. The summed E-state index contributed by atoms with van der Waals surface area (Å²) < 4.78 is 2.37. The molecule has 2 amide bonds. The second kappa shape index (κ2) is 11.1. The summed E-state index contributed by atoms with van der Waals surface area (Å²) in [7, 11) is 0. The molecule has 1 heterocycles. The molecular formula is C29H30N4O4. The zero-order valence-electron chi connectivity index (χ0n) is 21.2. The molecule has 0 aliphatic rings. The van der Waals surface area contributed by atoms with Crippen molar-refractivity contribution in [3.05, 3.63) is 104 Å². The summed E-state index contributed by atoms with van der Waals surface area (Å²) in [5.41, 5.74) is 3.08. The van der Waals surface area contributed by atoms with Gasteiger partial charge in [0.25, 0.3) is 5.56 Å². The van der Waals surface area contributed by atoms with Crippen molar-refractivity contribution in [1.29, 1.82) is 0 Å². The third-order valence-corrected chi connectivity index (χ3v) is 6.36. The normalized spacial score (nSPS) is 10.9. The topological polar surface area (TPSA) is 102 Å². The first-order chi connectivity index (χ1) is 17.8. The number of benzene rings is 3. The largest absolute Gasteiger partial charge is 0.356 e. The number of carbonyl (C=O) groups excluding carboxylic acids is 2. The minimum absolute atomic E-state index is 0.0883. The van der Waals surface area contributed by atoms with Crippen LogP contribution < -0.4 is 21.9 Å². The van der Waals surface area contributed by atoms with Crippen LogP contribution >= 0.6 is 0 Å². The number of hydrogen-bond acceptors (Lipinski definition) is 4. The second-order valence-electron chi connectivity index (χ2n) is 9.02. The fraction of sp³-hybridized carbons (Fsp3) is 0.241. The van der Waals surface area contributed by atoms with Crippen molar-refractivity contribution in [2.75, 3.05) is 11.9 Å². The summed E-state index contributed by atoms with van der Waals surface area (Å²) in [6.45, 7) is 6.21. The van der Waals surface area contributed by atoms with Gasteiger partial charge in [0.15, 0.2) is 0 Å². The minimum atomic E-state index is -0.617. The number of para-hydroxylation sites is 1. The van der Waals surface area contributed by atoms with Crippen LogP contribution in [0.1, 0.15) is 30.0 Å². The Bertz CT molecular complexity index is 1580. The first-order valence-electron chi connectivity index (χ1n) is 12.3. The van der Waals surface area contributed by atoms with E-state index in [1.807, 2.05) is 39.0 Å². The number of carbonyl (C=O) groups is 2. The molecule has 190 valence electrons. The molecule has 4 aromatic rings. The minimum Gasteiger partial charge on any atom is -0.356 e. The van der Waals surface area contributed by atoms with Gasteiger partial charge < -0.3 is 10.6 Å². The lowest BCUT2D eigenvalue weighted by atomic mass is 10.1. The van der Waals surface area contributed by atoms with Crippen LogP contribution in [-0.2, 0) is 22.6 Å². The van der Waals surface area contributed by atoms with Crippen molar-refractivity contribution < 1.29 is 9.59 Å². The van der Waals surface area contributed by atoms with Gasteiger partial charge in [-0.25, -0.2) is 9.36 Å². The van der Waals surface area contributed by atoms with E-state index < -0.39 is 11.2 Å². The van der Waals surface area contributed by atoms with Crippen molar-refractivity contribution in [3.63, 3.8) is 0 Å². The zero-order valence-corrected chi connectivity index (χ0v) is 21.2. The van der Waals surface area contributed by atoms with Crippen LogP contribution in [0.2, 0.25) is 0 Å². The summed E-state index contributed by atoms with van der Waals surface area (Å²) in [6.07, 6.45) is 1.06. The Morgan fingerprint density at radius 1 is 0.865 bits per heavy atom. The predicted molar refractivity (Wildman–Crippen MR) is 145 cm³/mol. The molecule has 0 unspecified atom stereocenters. The average Bonchev–Trinajstić information content (AvgIpc) is 2.89.